The van der Waals surface area contributed by atoms with Crippen LogP contribution in [0.25, 0.3) is 16.8 Å². The van der Waals surface area contributed by atoms with Crippen LogP contribution in [0.1, 0.15) is 78.3 Å². The first-order valence-corrected chi connectivity index (χ1v) is 13.4. The lowest BCUT2D eigenvalue weighted by atomic mass is 9.84. The van der Waals surface area contributed by atoms with E-state index in [1.54, 1.807) is 0 Å². The van der Waals surface area contributed by atoms with E-state index in [9.17, 15) is 5.26 Å². The van der Waals surface area contributed by atoms with Crippen molar-refractivity contribution in [3.8, 4) is 17.3 Å². The number of aliphatic imine (C=N–C) groups is 1. The largest absolute Gasteiger partial charge is 0.350 e. The summed E-state index contributed by atoms with van der Waals surface area (Å²) in [4.78, 5) is 14.5. The SMILES string of the molecule is CC1=Nc2ccc(-c3ccn4nc(NC5CCC(C)CC5)ncc34)nc2CC1CCCC(C)(C)C#N. The average molecular weight is 484 g/mol. The van der Waals surface area contributed by atoms with Crippen molar-refractivity contribution >= 4 is 22.9 Å². The molecular weight excluding hydrogens is 446 g/mol. The third-order valence-corrected chi connectivity index (χ3v) is 7.98. The van der Waals surface area contributed by atoms with E-state index >= 15 is 0 Å². The predicted molar refractivity (Wildman–Crippen MR) is 144 cm³/mol. The fraction of sp³-hybridized carbons (Fsp3) is 0.552. The minimum atomic E-state index is -0.272. The summed E-state index contributed by atoms with van der Waals surface area (Å²) in [6.07, 6.45) is 12.6. The van der Waals surface area contributed by atoms with Gasteiger partial charge in [0.05, 0.1) is 40.3 Å². The molecule has 3 aromatic rings. The molecule has 1 unspecified atom stereocenters. The van der Waals surface area contributed by atoms with E-state index in [-0.39, 0.29) is 5.41 Å². The van der Waals surface area contributed by atoms with Gasteiger partial charge in [-0.05, 0) is 89.8 Å². The number of hydrogen-bond donors (Lipinski definition) is 1. The van der Waals surface area contributed by atoms with Gasteiger partial charge in [0.2, 0.25) is 5.95 Å². The lowest BCUT2D eigenvalue weighted by Gasteiger charge is -2.26. The molecule has 5 rings (SSSR count). The van der Waals surface area contributed by atoms with Crippen molar-refractivity contribution in [2.75, 3.05) is 5.32 Å². The quantitative estimate of drug-likeness (QED) is 0.400. The molecule has 1 aliphatic carbocycles. The van der Waals surface area contributed by atoms with Crippen molar-refractivity contribution in [2.45, 2.75) is 85.1 Å². The number of anilines is 1. The molecule has 188 valence electrons. The zero-order chi connectivity index (χ0) is 25.3. The molecule has 2 aliphatic rings. The number of fused-ring (bicyclic) bond motifs is 2. The molecule has 1 aliphatic heterocycles. The van der Waals surface area contributed by atoms with Gasteiger partial charge < -0.3 is 5.32 Å². The highest BCUT2D eigenvalue weighted by Gasteiger charge is 2.24. The van der Waals surface area contributed by atoms with E-state index in [1.807, 2.05) is 30.8 Å². The second kappa shape index (κ2) is 10.0. The van der Waals surface area contributed by atoms with Crippen LogP contribution in [0.15, 0.2) is 35.6 Å². The molecule has 7 nitrogen and oxygen atoms in total. The number of hydrogen-bond acceptors (Lipinski definition) is 6. The van der Waals surface area contributed by atoms with Crippen molar-refractivity contribution in [1.29, 1.82) is 5.26 Å². The van der Waals surface area contributed by atoms with Crippen molar-refractivity contribution < 1.29 is 0 Å². The van der Waals surface area contributed by atoms with Gasteiger partial charge in [0, 0.05) is 29.4 Å². The van der Waals surface area contributed by atoms with Gasteiger partial charge in [0.1, 0.15) is 0 Å². The van der Waals surface area contributed by atoms with Crippen molar-refractivity contribution in [2.24, 2.45) is 22.2 Å². The molecule has 4 heterocycles. The Bertz CT molecular complexity index is 1300. The fourth-order valence-electron chi connectivity index (χ4n) is 5.49. The molecule has 36 heavy (non-hydrogen) atoms. The van der Waals surface area contributed by atoms with Crippen LogP contribution in [-0.2, 0) is 6.42 Å². The summed E-state index contributed by atoms with van der Waals surface area (Å²) >= 11 is 0. The highest BCUT2D eigenvalue weighted by molar-refractivity contribution is 5.89. The zero-order valence-electron chi connectivity index (χ0n) is 22.0. The van der Waals surface area contributed by atoms with Gasteiger partial charge in [-0.25, -0.2) is 9.50 Å². The Morgan fingerprint density at radius 3 is 2.75 bits per heavy atom. The first kappa shape index (κ1) is 24.4. The van der Waals surface area contributed by atoms with Gasteiger partial charge in [0.15, 0.2) is 0 Å². The molecule has 1 fully saturated rings. The summed E-state index contributed by atoms with van der Waals surface area (Å²) in [5.74, 6) is 1.89. The number of rotatable bonds is 7. The molecule has 0 saturated heterocycles. The van der Waals surface area contributed by atoms with Crippen molar-refractivity contribution in [3.05, 3.63) is 36.3 Å². The molecule has 1 atom stereocenters. The number of aromatic nitrogens is 4. The summed E-state index contributed by atoms with van der Waals surface area (Å²) in [5, 5.41) is 17.6. The first-order valence-electron chi connectivity index (χ1n) is 13.4. The predicted octanol–water partition coefficient (Wildman–Crippen LogP) is 6.77. The Hall–Kier alpha value is -3.27. The van der Waals surface area contributed by atoms with Gasteiger partial charge in [-0.3, -0.25) is 9.98 Å². The Morgan fingerprint density at radius 2 is 1.97 bits per heavy atom. The highest BCUT2D eigenvalue weighted by atomic mass is 15.3. The lowest BCUT2D eigenvalue weighted by Crippen LogP contribution is -2.26. The molecule has 1 N–H and O–H groups in total. The van der Waals surface area contributed by atoms with E-state index in [0.717, 1.165) is 59.8 Å². The van der Waals surface area contributed by atoms with E-state index < -0.39 is 0 Å². The zero-order valence-corrected chi connectivity index (χ0v) is 22.0. The van der Waals surface area contributed by atoms with Crippen LogP contribution in [0, 0.1) is 28.6 Å². The van der Waals surface area contributed by atoms with Crippen molar-refractivity contribution in [3.63, 3.8) is 0 Å². The van der Waals surface area contributed by atoms with Crippen LogP contribution in [-0.4, -0.2) is 31.3 Å². The van der Waals surface area contributed by atoms with E-state index in [0.29, 0.717) is 17.9 Å². The molecule has 0 aromatic carbocycles. The van der Waals surface area contributed by atoms with E-state index in [4.69, 9.17) is 15.1 Å². The molecule has 0 radical (unpaired) electrons. The Morgan fingerprint density at radius 1 is 1.17 bits per heavy atom. The van der Waals surface area contributed by atoms with E-state index in [2.05, 4.69) is 48.4 Å². The van der Waals surface area contributed by atoms with Crippen LogP contribution in [0.4, 0.5) is 11.6 Å². The van der Waals surface area contributed by atoms with E-state index in [1.165, 1.54) is 31.4 Å². The van der Waals surface area contributed by atoms with Crippen LogP contribution < -0.4 is 5.32 Å². The minimum Gasteiger partial charge on any atom is -0.350 e. The summed E-state index contributed by atoms with van der Waals surface area (Å²) < 4.78 is 1.90. The molecule has 0 bridgehead atoms. The molecule has 7 heteroatoms. The third kappa shape index (κ3) is 5.28. The molecule has 1 saturated carbocycles. The van der Waals surface area contributed by atoms with Gasteiger partial charge in [-0.15, -0.1) is 5.10 Å². The molecule has 3 aromatic heterocycles. The number of nitriles is 1. The summed E-state index contributed by atoms with van der Waals surface area (Å²) in [7, 11) is 0. The number of nitrogens with one attached hydrogen (secondary N) is 1. The monoisotopic (exact) mass is 483 g/mol. The molecule has 0 amide bonds. The Kier molecular flexibility index (Phi) is 6.79. The molecule has 0 spiro atoms. The van der Waals surface area contributed by atoms with Crippen LogP contribution in [0.2, 0.25) is 0 Å². The number of pyridine rings is 1. The lowest BCUT2D eigenvalue weighted by molar-refractivity contribution is 0.360. The highest BCUT2D eigenvalue weighted by Crippen LogP contribution is 2.34. The molecular formula is C29H37N7. The van der Waals surface area contributed by atoms with Crippen LogP contribution in [0.3, 0.4) is 0 Å². The van der Waals surface area contributed by atoms with Gasteiger partial charge in [0.25, 0.3) is 0 Å². The first-order chi connectivity index (χ1) is 17.3. The summed E-state index contributed by atoms with van der Waals surface area (Å²) in [6, 6.07) is 9.08. The normalized spacial score (nSPS) is 22.1. The van der Waals surface area contributed by atoms with Crippen LogP contribution >= 0.6 is 0 Å². The maximum absolute atomic E-state index is 9.31. The maximum atomic E-state index is 9.31. The van der Waals surface area contributed by atoms with Gasteiger partial charge in [-0.1, -0.05) is 13.3 Å². The fourth-order valence-corrected chi connectivity index (χ4v) is 5.49. The second-order valence-corrected chi connectivity index (χ2v) is 11.4. The van der Waals surface area contributed by atoms with Gasteiger partial charge in [-0.2, -0.15) is 5.26 Å². The van der Waals surface area contributed by atoms with Gasteiger partial charge >= 0.3 is 0 Å². The third-order valence-electron chi connectivity index (χ3n) is 7.98. The average Bonchev–Trinajstić information content (AvgIpc) is 3.29. The summed E-state index contributed by atoms with van der Waals surface area (Å²) in [6.45, 7) is 8.48. The topological polar surface area (TPSA) is 91.3 Å². The van der Waals surface area contributed by atoms with Crippen molar-refractivity contribution in [1.82, 2.24) is 19.6 Å². The Labute approximate surface area is 214 Å². The van der Waals surface area contributed by atoms with Crippen LogP contribution in [0.5, 0.6) is 0 Å². The summed E-state index contributed by atoms with van der Waals surface area (Å²) in [5.41, 5.74) is 5.84. The number of nitrogens with zero attached hydrogens (tertiary/aromatic N) is 6. The standard InChI is InChI=1S/C29H37N7/c1-19-7-9-22(10-8-19)33-28-31-17-27-23(13-15-36(27)35-28)24-11-12-25-26(34-24)16-21(20(2)32-25)6-5-14-29(3,4)18-30/h11-13,15,17,19,21-22H,5-10,14,16H2,1-4H3,(H,33,35). The smallest absolute Gasteiger partial charge is 0.241 e. The minimum absolute atomic E-state index is 0.272. The Balaban J connectivity index is 1.31. The second-order valence-electron chi connectivity index (χ2n) is 11.4. The maximum Gasteiger partial charge on any atom is 0.241 e.